The fourth-order valence-corrected chi connectivity index (χ4v) is 1.64. The summed E-state index contributed by atoms with van der Waals surface area (Å²) >= 11 is 0. The molecule has 0 bridgehead atoms. The van der Waals surface area contributed by atoms with Gasteiger partial charge in [0.1, 0.15) is 17.3 Å². The van der Waals surface area contributed by atoms with Crippen LogP contribution in [-0.4, -0.2) is 30.4 Å². The molecule has 0 unspecified atom stereocenters. The second-order valence-electron chi connectivity index (χ2n) is 5.10. The number of nitrogens with zero attached hydrogens (tertiary/aromatic N) is 1. The van der Waals surface area contributed by atoms with Crippen LogP contribution in [0.3, 0.4) is 0 Å². The highest BCUT2D eigenvalue weighted by atomic mass is 19.1. The smallest absolute Gasteiger partial charge is 0.254 e. The molecule has 1 rings (SSSR count). The number of benzene rings is 1. The van der Waals surface area contributed by atoms with Crippen molar-refractivity contribution in [3.8, 4) is 0 Å². The van der Waals surface area contributed by atoms with E-state index in [1.807, 2.05) is 20.8 Å². The average molecular weight is 270 g/mol. The molecular formula is C14H20F2N2O. The van der Waals surface area contributed by atoms with Gasteiger partial charge in [-0.05, 0) is 32.4 Å². The normalized spacial score (nSPS) is 11.3. The number of carbonyl (C=O) groups excluding carboxylic acids is 1. The zero-order valence-corrected chi connectivity index (χ0v) is 12.0. The summed E-state index contributed by atoms with van der Waals surface area (Å²) in [6.45, 7) is 5.76. The number of hydrogen-bond donors (Lipinski definition) is 1. The van der Waals surface area contributed by atoms with Gasteiger partial charge in [0.05, 0.1) is 0 Å². The largest absolute Gasteiger partial charge is 0.383 e. The molecule has 1 aromatic carbocycles. The van der Waals surface area contributed by atoms with Gasteiger partial charge < -0.3 is 10.2 Å². The second-order valence-corrected chi connectivity index (χ2v) is 5.10. The van der Waals surface area contributed by atoms with E-state index in [9.17, 15) is 13.6 Å². The van der Waals surface area contributed by atoms with Crippen LogP contribution in [-0.2, 0) is 0 Å². The van der Waals surface area contributed by atoms with Gasteiger partial charge in [0.25, 0.3) is 5.91 Å². The summed E-state index contributed by atoms with van der Waals surface area (Å²) in [7, 11) is 3.06. The van der Waals surface area contributed by atoms with Crippen LogP contribution in [0.25, 0.3) is 0 Å². The van der Waals surface area contributed by atoms with Crippen LogP contribution in [0.2, 0.25) is 0 Å². The number of rotatable bonds is 4. The molecule has 106 valence electrons. The van der Waals surface area contributed by atoms with E-state index in [1.54, 1.807) is 7.05 Å². The zero-order chi connectivity index (χ0) is 14.8. The zero-order valence-electron chi connectivity index (χ0n) is 12.0. The molecule has 0 aromatic heterocycles. The average Bonchev–Trinajstić information content (AvgIpc) is 2.36. The highest BCUT2D eigenvalue weighted by molar-refractivity contribution is 5.95. The maximum absolute atomic E-state index is 13.6. The van der Waals surface area contributed by atoms with E-state index in [0.717, 1.165) is 18.6 Å². The highest BCUT2D eigenvalue weighted by Crippen LogP contribution is 2.24. The predicted octanol–water partition coefficient (Wildman–Crippen LogP) is 3.27. The summed E-state index contributed by atoms with van der Waals surface area (Å²) in [5, 5.41) is 2.43. The van der Waals surface area contributed by atoms with E-state index < -0.39 is 17.5 Å². The molecule has 1 amide bonds. The molecule has 0 radical (unpaired) electrons. The van der Waals surface area contributed by atoms with Crippen LogP contribution in [0, 0.1) is 11.6 Å². The van der Waals surface area contributed by atoms with Crippen LogP contribution < -0.4 is 5.32 Å². The Balaban J connectivity index is 3.15. The lowest BCUT2D eigenvalue weighted by Gasteiger charge is -2.35. The predicted molar refractivity (Wildman–Crippen MR) is 72.4 cm³/mol. The van der Waals surface area contributed by atoms with E-state index in [-0.39, 0.29) is 16.8 Å². The Kier molecular flexibility index (Phi) is 4.50. The Labute approximate surface area is 112 Å². The van der Waals surface area contributed by atoms with Gasteiger partial charge in [0.2, 0.25) is 0 Å². The molecule has 0 saturated carbocycles. The van der Waals surface area contributed by atoms with Crippen molar-refractivity contribution < 1.29 is 13.6 Å². The van der Waals surface area contributed by atoms with Crippen molar-refractivity contribution in [1.82, 2.24) is 4.90 Å². The molecule has 0 fully saturated rings. The van der Waals surface area contributed by atoms with E-state index in [1.165, 1.54) is 11.9 Å². The first-order valence-corrected chi connectivity index (χ1v) is 6.19. The number of nitrogens with one attached hydrogen (secondary N) is 1. The fraction of sp³-hybridized carbons (Fsp3) is 0.500. The number of anilines is 1. The van der Waals surface area contributed by atoms with Crippen LogP contribution in [0.4, 0.5) is 14.5 Å². The van der Waals surface area contributed by atoms with Gasteiger partial charge in [-0.25, -0.2) is 8.78 Å². The Morgan fingerprint density at radius 1 is 1.32 bits per heavy atom. The van der Waals surface area contributed by atoms with E-state index in [2.05, 4.69) is 5.32 Å². The van der Waals surface area contributed by atoms with Crippen LogP contribution in [0.1, 0.15) is 37.6 Å². The van der Waals surface area contributed by atoms with Crippen molar-refractivity contribution in [3.05, 3.63) is 29.3 Å². The molecule has 5 heteroatoms. The van der Waals surface area contributed by atoms with Crippen molar-refractivity contribution in [2.75, 3.05) is 19.4 Å². The number of hydrogen-bond acceptors (Lipinski definition) is 2. The third-order valence-electron chi connectivity index (χ3n) is 3.62. The quantitative estimate of drug-likeness (QED) is 0.910. The van der Waals surface area contributed by atoms with Gasteiger partial charge in [0.15, 0.2) is 0 Å². The fourth-order valence-electron chi connectivity index (χ4n) is 1.64. The van der Waals surface area contributed by atoms with Crippen LogP contribution in [0.5, 0.6) is 0 Å². The van der Waals surface area contributed by atoms with Crippen molar-refractivity contribution in [2.24, 2.45) is 0 Å². The van der Waals surface area contributed by atoms with Gasteiger partial charge in [-0.15, -0.1) is 0 Å². The second kappa shape index (κ2) is 5.55. The summed E-state index contributed by atoms with van der Waals surface area (Å²) in [4.78, 5) is 13.7. The molecule has 0 atom stereocenters. The highest BCUT2D eigenvalue weighted by Gasteiger charge is 2.27. The van der Waals surface area contributed by atoms with Gasteiger partial charge in [-0.2, -0.15) is 0 Å². The lowest BCUT2D eigenvalue weighted by Crippen LogP contribution is -2.44. The Hall–Kier alpha value is -1.65. The topological polar surface area (TPSA) is 32.3 Å². The van der Waals surface area contributed by atoms with Crippen LogP contribution in [0.15, 0.2) is 12.1 Å². The van der Waals surface area contributed by atoms with Gasteiger partial charge in [-0.1, -0.05) is 6.92 Å². The van der Waals surface area contributed by atoms with Crippen molar-refractivity contribution in [3.63, 3.8) is 0 Å². The maximum atomic E-state index is 13.6. The van der Waals surface area contributed by atoms with Crippen LogP contribution >= 0.6 is 0 Å². The third-order valence-corrected chi connectivity index (χ3v) is 3.62. The van der Waals surface area contributed by atoms with Crippen molar-refractivity contribution >= 4 is 11.6 Å². The first-order valence-electron chi connectivity index (χ1n) is 6.19. The van der Waals surface area contributed by atoms with E-state index in [0.29, 0.717) is 0 Å². The molecule has 3 nitrogen and oxygen atoms in total. The summed E-state index contributed by atoms with van der Waals surface area (Å²) in [5.41, 5.74) is -0.585. The summed E-state index contributed by atoms with van der Waals surface area (Å²) in [6, 6.07) is 2.11. The van der Waals surface area contributed by atoms with Gasteiger partial charge in [-0.3, -0.25) is 4.79 Å². The molecule has 0 spiro atoms. The summed E-state index contributed by atoms with van der Waals surface area (Å²) in [6.07, 6.45) is 0.745. The molecular weight excluding hydrogens is 250 g/mol. The molecule has 1 aromatic rings. The lowest BCUT2D eigenvalue weighted by molar-refractivity contribution is 0.0619. The molecule has 1 N–H and O–H groups in total. The number of amides is 1. The van der Waals surface area contributed by atoms with Gasteiger partial charge in [0, 0.05) is 25.2 Å². The Morgan fingerprint density at radius 2 is 1.79 bits per heavy atom. The van der Waals surface area contributed by atoms with Crippen molar-refractivity contribution in [2.45, 2.75) is 32.7 Å². The SMILES string of the molecule is CCC(C)(C)N(C)C(=O)c1cc(F)c(NC)c(F)c1. The van der Waals surface area contributed by atoms with Gasteiger partial charge >= 0.3 is 0 Å². The molecule has 0 aliphatic carbocycles. The standard InChI is InChI=1S/C14H20F2N2O/c1-6-14(2,3)18(5)13(19)9-7-10(15)12(17-4)11(16)8-9/h7-8,17H,6H2,1-5H3. The monoisotopic (exact) mass is 270 g/mol. The number of carbonyl (C=O) groups is 1. The lowest BCUT2D eigenvalue weighted by atomic mass is 9.98. The maximum Gasteiger partial charge on any atom is 0.254 e. The summed E-state index contributed by atoms with van der Waals surface area (Å²) in [5.74, 6) is -1.94. The molecule has 0 aliphatic rings. The Morgan fingerprint density at radius 3 is 2.16 bits per heavy atom. The first kappa shape index (κ1) is 15.4. The molecule has 0 saturated heterocycles. The molecule has 0 heterocycles. The third kappa shape index (κ3) is 3.03. The molecule has 19 heavy (non-hydrogen) atoms. The first-order chi connectivity index (χ1) is 8.74. The minimum absolute atomic E-state index is 0.0121. The minimum atomic E-state index is -0.770. The Bertz CT molecular complexity index is 463. The minimum Gasteiger partial charge on any atom is -0.383 e. The van der Waals surface area contributed by atoms with E-state index >= 15 is 0 Å². The number of halogens is 2. The van der Waals surface area contributed by atoms with E-state index in [4.69, 9.17) is 0 Å². The summed E-state index contributed by atoms with van der Waals surface area (Å²) < 4.78 is 27.3. The molecule has 0 aliphatic heterocycles. The van der Waals surface area contributed by atoms with Crippen molar-refractivity contribution in [1.29, 1.82) is 0 Å².